The van der Waals surface area contributed by atoms with Gasteiger partial charge in [-0.2, -0.15) is 0 Å². The Morgan fingerprint density at radius 3 is 2.67 bits per heavy atom. The van der Waals surface area contributed by atoms with Gasteiger partial charge in [-0.1, -0.05) is 31.5 Å². The fourth-order valence-electron chi connectivity index (χ4n) is 3.23. The second kappa shape index (κ2) is 7.55. The maximum absolute atomic E-state index is 12.0. The van der Waals surface area contributed by atoms with Gasteiger partial charge < -0.3 is 9.88 Å². The summed E-state index contributed by atoms with van der Waals surface area (Å²) in [5.74, 6) is 1.21. The summed E-state index contributed by atoms with van der Waals surface area (Å²) in [5.41, 5.74) is 0. The van der Waals surface area contributed by atoms with Gasteiger partial charge in [-0.15, -0.1) is 10.2 Å². The molecule has 1 aromatic heterocycles. The third-order valence-corrected chi connectivity index (χ3v) is 5.70. The molecule has 7 nitrogen and oxygen atoms in total. The summed E-state index contributed by atoms with van der Waals surface area (Å²) in [7, 11) is 0. The summed E-state index contributed by atoms with van der Waals surface area (Å²) in [6.07, 6.45) is 6.75. The zero-order chi connectivity index (χ0) is 17.1. The van der Waals surface area contributed by atoms with E-state index in [0.717, 1.165) is 43.1 Å². The number of carbonyl (C=O) groups excluding carboxylic acids is 2. The Morgan fingerprint density at radius 2 is 1.96 bits per heavy atom. The highest BCUT2D eigenvalue weighted by atomic mass is 32.2. The van der Waals surface area contributed by atoms with E-state index in [1.807, 2.05) is 6.92 Å². The Morgan fingerprint density at radius 1 is 1.21 bits per heavy atom. The Bertz CT molecular complexity index is 614. The van der Waals surface area contributed by atoms with Crippen LogP contribution in [-0.4, -0.2) is 38.5 Å². The van der Waals surface area contributed by atoms with E-state index in [1.165, 1.54) is 18.2 Å². The molecule has 132 valence electrons. The highest BCUT2D eigenvalue weighted by molar-refractivity contribution is 7.99. The fraction of sp³-hybridized carbons (Fsp3) is 0.750. The van der Waals surface area contributed by atoms with Crippen molar-refractivity contribution in [3.05, 3.63) is 5.82 Å². The first-order valence-corrected chi connectivity index (χ1v) is 9.68. The van der Waals surface area contributed by atoms with Crippen LogP contribution >= 0.6 is 11.8 Å². The zero-order valence-electron chi connectivity index (χ0n) is 14.2. The van der Waals surface area contributed by atoms with Gasteiger partial charge >= 0.3 is 6.03 Å². The first-order chi connectivity index (χ1) is 11.5. The molecule has 0 spiro atoms. The maximum Gasteiger partial charge on any atom is 0.321 e. The normalized spacial score (nSPS) is 23.8. The van der Waals surface area contributed by atoms with Crippen molar-refractivity contribution in [1.29, 1.82) is 0 Å². The Hall–Kier alpha value is -1.57. The summed E-state index contributed by atoms with van der Waals surface area (Å²) in [4.78, 5) is 24.0. The standard InChI is InChI=1S/C16H25N5O2S/c1-10-5-3-4-6-13(10)17-15(23)18-14(22)9-24-16-20-19-11(2)21(16)12-7-8-12/h10,12-13H,3-9H2,1-2H3,(H2,17,18,22,23)/t10-,13-/m1/s1. The molecule has 24 heavy (non-hydrogen) atoms. The lowest BCUT2D eigenvalue weighted by atomic mass is 9.86. The van der Waals surface area contributed by atoms with E-state index < -0.39 is 0 Å². The third kappa shape index (κ3) is 4.28. The minimum absolute atomic E-state index is 0.165. The Kier molecular flexibility index (Phi) is 5.43. The van der Waals surface area contributed by atoms with E-state index in [9.17, 15) is 9.59 Å². The predicted octanol–water partition coefficient (Wildman–Crippen LogP) is 2.42. The van der Waals surface area contributed by atoms with E-state index >= 15 is 0 Å². The molecule has 2 atom stereocenters. The average Bonchev–Trinajstić information content (AvgIpc) is 3.30. The minimum Gasteiger partial charge on any atom is -0.335 e. The average molecular weight is 351 g/mol. The van der Waals surface area contributed by atoms with Crippen LogP contribution < -0.4 is 10.6 Å². The van der Waals surface area contributed by atoms with Crippen LogP contribution in [0.4, 0.5) is 4.79 Å². The van der Waals surface area contributed by atoms with Crippen molar-refractivity contribution in [2.45, 2.75) is 69.6 Å². The van der Waals surface area contributed by atoms with Crippen molar-refractivity contribution in [2.24, 2.45) is 5.92 Å². The van der Waals surface area contributed by atoms with Crippen molar-refractivity contribution in [1.82, 2.24) is 25.4 Å². The number of nitrogens with one attached hydrogen (secondary N) is 2. The summed E-state index contributed by atoms with van der Waals surface area (Å²) >= 11 is 1.33. The topological polar surface area (TPSA) is 88.9 Å². The molecule has 3 amide bonds. The molecule has 0 unspecified atom stereocenters. The third-order valence-electron chi connectivity index (χ3n) is 4.76. The number of amides is 3. The van der Waals surface area contributed by atoms with Gasteiger partial charge in [0.2, 0.25) is 5.91 Å². The van der Waals surface area contributed by atoms with Crippen molar-refractivity contribution in [2.75, 3.05) is 5.75 Å². The quantitative estimate of drug-likeness (QED) is 0.795. The molecule has 0 bridgehead atoms. The van der Waals surface area contributed by atoms with Crippen molar-refractivity contribution >= 4 is 23.7 Å². The highest BCUT2D eigenvalue weighted by Crippen LogP contribution is 2.38. The molecule has 0 aliphatic heterocycles. The molecule has 3 rings (SSSR count). The lowest BCUT2D eigenvalue weighted by Gasteiger charge is -2.29. The summed E-state index contributed by atoms with van der Waals surface area (Å²) < 4.78 is 2.09. The lowest BCUT2D eigenvalue weighted by molar-refractivity contribution is -0.117. The number of nitrogens with zero attached hydrogens (tertiary/aromatic N) is 3. The number of thioether (sulfide) groups is 1. The first-order valence-electron chi connectivity index (χ1n) is 8.69. The van der Waals surface area contributed by atoms with Crippen LogP contribution in [0.1, 0.15) is 57.3 Å². The molecule has 2 aliphatic rings. The van der Waals surface area contributed by atoms with Crippen LogP contribution in [0.15, 0.2) is 5.16 Å². The zero-order valence-corrected chi connectivity index (χ0v) is 15.1. The predicted molar refractivity (Wildman–Crippen MR) is 91.8 cm³/mol. The summed E-state index contributed by atoms with van der Waals surface area (Å²) in [5, 5.41) is 14.3. The van der Waals surface area contributed by atoms with Gasteiger partial charge in [-0.3, -0.25) is 10.1 Å². The van der Waals surface area contributed by atoms with E-state index in [-0.39, 0.29) is 23.7 Å². The fourth-order valence-corrected chi connectivity index (χ4v) is 4.08. The van der Waals surface area contributed by atoms with Crippen LogP contribution in [-0.2, 0) is 4.79 Å². The monoisotopic (exact) mass is 351 g/mol. The van der Waals surface area contributed by atoms with Gasteiger partial charge in [-0.25, -0.2) is 4.79 Å². The van der Waals surface area contributed by atoms with Crippen molar-refractivity contribution in [3.63, 3.8) is 0 Å². The van der Waals surface area contributed by atoms with E-state index in [1.54, 1.807) is 0 Å². The summed E-state index contributed by atoms with van der Waals surface area (Å²) in [6, 6.07) is 0.251. The Labute approximate surface area is 146 Å². The number of urea groups is 1. The highest BCUT2D eigenvalue weighted by Gasteiger charge is 2.28. The molecule has 0 radical (unpaired) electrons. The number of carbonyl (C=O) groups is 2. The van der Waals surface area contributed by atoms with E-state index in [2.05, 4.69) is 32.3 Å². The number of hydrogen-bond donors (Lipinski definition) is 2. The van der Waals surface area contributed by atoms with Crippen LogP contribution in [0.2, 0.25) is 0 Å². The SMILES string of the molecule is Cc1nnc(SCC(=O)NC(=O)N[C@@H]2CCCC[C@H]2C)n1C1CC1. The molecule has 1 heterocycles. The molecule has 2 saturated carbocycles. The second-order valence-electron chi connectivity index (χ2n) is 6.81. The van der Waals surface area contributed by atoms with E-state index in [4.69, 9.17) is 0 Å². The number of rotatable bonds is 5. The van der Waals surface area contributed by atoms with Crippen LogP contribution in [0.5, 0.6) is 0 Å². The largest absolute Gasteiger partial charge is 0.335 e. The van der Waals surface area contributed by atoms with Gasteiger partial charge in [0.1, 0.15) is 5.82 Å². The van der Waals surface area contributed by atoms with Gasteiger partial charge in [-0.05, 0) is 38.5 Å². The van der Waals surface area contributed by atoms with Gasteiger partial charge in [0.05, 0.1) is 5.75 Å². The van der Waals surface area contributed by atoms with Crippen molar-refractivity contribution < 1.29 is 9.59 Å². The molecule has 8 heteroatoms. The molecular weight excluding hydrogens is 326 g/mol. The molecule has 0 aromatic carbocycles. The molecule has 2 aliphatic carbocycles. The molecule has 1 aromatic rings. The Balaban J connectivity index is 1.44. The minimum atomic E-state index is -0.390. The van der Waals surface area contributed by atoms with Crippen LogP contribution in [0, 0.1) is 12.8 Å². The molecule has 0 saturated heterocycles. The smallest absolute Gasteiger partial charge is 0.321 e. The molecule has 2 N–H and O–H groups in total. The van der Waals surface area contributed by atoms with Gasteiger partial charge in [0, 0.05) is 12.1 Å². The number of aryl methyl sites for hydroxylation is 1. The van der Waals surface area contributed by atoms with Crippen molar-refractivity contribution in [3.8, 4) is 0 Å². The number of aromatic nitrogens is 3. The molecule has 2 fully saturated rings. The van der Waals surface area contributed by atoms with Crippen LogP contribution in [0.3, 0.4) is 0 Å². The van der Waals surface area contributed by atoms with Gasteiger partial charge in [0.25, 0.3) is 0 Å². The summed E-state index contributed by atoms with van der Waals surface area (Å²) in [6.45, 7) is 4.07. The lowest BCUT2D eigenvalue weighted by Crippen LogP contribution is -2.48. The van der Waals surface area contributed by atoms with E-state index in [0.29, 0.717) is 12.0 Å². The second-order valence-corrected chi connectivity index (χ2v) is 7.75. The number of hydrogen-bond acceptors (Lipinski definition) is 5. The number of imide groups is 1. The first kappa shape index (κ1) is 17.3. The molecular formula is C16H25N5O2S. The van der Waals surface area contributed by atoms with Crippen LogP contribution in [0.25, 0.3) is 0 Å². The maximum atomic E-state index is 12.0. The van der Waals surface area contributed by atoms with Gasteiger partial charge in [0.15, 0.2) is 5.16 Å².